The maximum atomic E-state index is 13.1. The highest BCUT2D eigenvalue weighted by Gasteiger charge is 2.33. The van der Waals surface area contributed by atoms with Gasteiger partial charge in [-0.25, -0.2) is 9.44 Å². The van der Waals surface area contributed by atoms with E-state index in [1.54, 1.807) is 25.3 Å². The van der Waals surface area contributed by atoms with Gasteiger partial charge in [0.15, 0.2) is 0 Å². The largest absolute Gasteiger partial charge is 0.473 e. The van der Waals surface area contributed by atoms with Crippen LogP contribution in [0.1, 0.15) is 16.7 Å². The average molecular weight is 519 g/mol. The molecule has 0 amide bonds. The summed E-state index contributed by atoms with van der Waals surface area (Å²) in [7, 11) is 0. The molecule has 2 heterocycles. The fraction of sp³-hybridized carbons (Fsp3) is 0.167. The third-order valence-corrected chi connectivity index (χ3v) is 5.89. The predicted molar refractivity (Wildman–Crippen MR) is 110 cm³/mol. The Morgan fingerprint density at radius 1 is 1.25 bits per heavy atom. The average Bonchev–Trinajstić information content (AvgIpc) is 2.68. The van der Waals surface area contributed by atoms with Crippen molar-refractivity contribution in [3.05, 3.63) is 75.8 Å². The first kappa shape index (κ1) is 20.7. The van der Waals surface area contributed by atoms with Crippen LogP contribution in [0.25, 0.3) is 11.1 Å². The van der Waals surface area contributed by atoms with Crippen LogP contribution in [-0.4, -0.2) is 14.5 Å². The summed E-state index contributed by atoms with van der Waals surface area (Å²) in [6.07, 6.45) is -1.21. The molecule has 0 N–H and O–H groups in total. The van der Waals surface area contributed by atoms with Gasteiger partial charge in [0.1, 0.15) is 6.61 Å². The van der Waals surface area contributed by atoms with E-state index in [0.717, 1.165) is 6.07 Å². The topological polar surface area (TPSA) is 57.0 Å². The number of ether oxygens (including phenoxy) is 1. The van der Waals surface area contributed by atoms with Crippen molar-refractivity contribution in [1.29, 1.82) is 0 Å². The quantitative estimate of drug-likeness (QED) is 0.352. The third-order valence-electron chi connectivity index (χ3n) is 4.04. The van der Waals surface area contributed by atoms with Gasteiger partial charge >= 0.3 is 6.18 Å². The van der Waals surface area contributed by atoms with Crippen LogP contribution in [0.3, 0.4) is 0 Å². The lowest BCUT2D eigenvalue weighted by Gasteiger charge is -2.13. The van der Waals surface area contributed by atoms with Crippen molar-refractivity contribution < 1.29 is 17.9 Å². The molecule has 0 fully saturated rings. The Kier molecular flexibility index (Phi) is 6.34. The molecule has 3 aromatic rings. The van der Waals surface area contributed by atoms with Gasteiger partial charge in [0.05, 0.1) is 18.1 Å². The van der Waals surface area contributed by atoms with Crippen molar-refractivity contribution in [2.24, 2.45) is 0 Å². The predicted octanol–water partition coefficient (Wildman–Crippen LogP) is 5.00. The maximum absolute atomic E-state index is 13.1. The van der Waals surface area contributed by atoms with E-state index in [9.17, 15) is 18.0 Å². The number of rotatable bonds is 5. The summed E-state index contributed by atoms with van der Waals surface area (Å²) in [5.41, 5.74) is 0.890. The lowest BCUT2D eigenvalue weighted by Crippen LogP contribution is -2.19. The van der Waals surface area contributed by atoms with Crippen molar-refractivity contribution in [3.8, 4) is 17.0 Å². The summed E-state index contributed by atoms with van der Waals surface area (Å²) in [6.45, 7) is 1.42. The zero-order valence-electron chi connectivity index (χ0n) is 14.5. The zero-order valence-corrected chi connectivity index (χ0v) is 17.7. The van der Waals surface area contributed by atoms with E-state index >= 15 is 0 Å². The first-order valence-corrected chi connectivity index (χ1v) is 12.1. The highest BCUT2D eigenvalue weighted by Crippen LogP contribution is 2.32. The molecule has 10 heteroatoms. The van der Waals surface area contributed by atoms with Crippen LogP contribution in [0.15, 0.2) is 53.6 Å². The second kappa shape index (κ2) is 8.57. The van der Waals surface area contributed by atoms with Gasteiger partial charge in [-0.05, 0) is 46.7 Å². The van der Waals surface area contributed by atoms with Gasteiger partial charge in [-0.15, -0.1) is 0 Å². The number of nitrogens with zero attached hydrogens (tertiary/aromatic N) is 3. The Morgan fingerprint density at radius 3 is 2.71 bits per heavy atom. The molecular formula is C18H14F3IN3O2P. The number of alkyl halides is 3. The SMILES string of the molecule is Cc1c(-c2ccnc(OCc3ccccc3C(F)(F)F)c2)cnn(PI)c1=O. The Hall–Kier alpha value is -2.00. The molecule has 0 saturated heterocycles. The Bertz CT molecular complexity index is 1060. The standard InChI is InChI=1S/C18H14F3IN3O2P/c1-11-14(9-24-25(28-22)17(11)26)12-6-7-23-16(8-12)27-10-13-4-2-3-5-15(13)18(19,20)21/h2-9,28H,10H2,1H3. The fourth-order valence-electron chi connectivity index (χ4n) is 2.62. The van der Waals surface area contributed by atoms with Crippen LogP contribution in [0.5, 0.6) is 5.88 Å². The molecule has 2 aromatic heterocycles. The van der Waals surface area contributed by atoms with Gasteiger partial charge < -0.3 is 4.74 Å². The molecule has 0 spiro atoms. The molecule has 5 nitrogen and oxygen atoms in total. The highest BCUT2D eigenvalue weighted by molar-refractivity contribution is 14.2. The summed E-state index contributed by atoms with van der Waals surface area (Å²) >= 11 is 2.07. The number of pyridine rings is 1. The van der Waals surface area contributed by atoms with Crippen molar-refractivity contribution in [2.75, 3.05) is 0 Å². The Morgan fingerprint density at radius 2 is 2.00 bits per heavy atom. The van der Waals surface area contributed by atoms with Crippen LogP contribution in [0.2, 0.25) is 0 Å². The second-order valence-corrected chi connectivity index (χ2v) is 7.85. The van der Waals surface area contributed by atoms with E-state index in [-0.39, 0.29) is 30.0 Å². The molecule has 0 aliphatic heterocycles. The molecular weight excluding hydrogens is 505 g/mol. The van der Waals surface area contributed by atoms with Crippen LogP contribution in [0, 0.1) is 6.92 Å². The van der Waals surface area contributed by atoms with Gasteiger partial charge in [0, 0.05) is 29.0 Å². The van der Waals surface area contributed by atoms with Crippen molar-refractivity contribution in [1.82, 2.24) is 14.5 Å². The highest BCUT2D eigenvalue weighted by atomic mass is 127. The maximum Gasteiger partial charge on any atom is 0.416 e. The summed E-state index contributed by atoms with van der Waals surface area (Å²) in [5, 5.41) is 4.12. The molecule has 0 saturated carbocycles. The second-order valence-electron chi connectivity index (χ2n) is 5.81. The van der Waals surface area contributed by atoms with E-state index in [1.165, 1.54) is 28.8 Å². The third kappa shape index (κ3) is 4.52. The minimum atomic E-state index is -4.46. The number of hydrogen-bond acceptors (Lipinski definition) is 4. The van der Waals surface area contributed by atoms with Crippen LogP contribution >= 0.6 is 28.4 Å². The van der Waals surface area contributed by atoms with Crippen LogP contribution < -0.4 is 10.3 Å². The first-order valence-electron chi connectivity index (χ1n) is 8.01. The summed E-state index contributed by atoms with van der Waals surface area (Å²) in [5.74, 6) is 0.161. The summed E-state index contributed by atoms with van der Waals surface area (Å²) in [6, 6.07) is 8.51. The van der Waals surface area contributed by atoms with Crippen molar-refractivity contribution in [3.63, 3.8) is 0 Å². The summed E-state index contributed by atoms with van der Waals surface area (Å²) in [4.78, 5) is 16.3. The van der Waals surface area contributed by atoms with E-state index < -0.39 is 11.7 Å². The lowest BCUT2D eigenvalue weighted by atomic mass is 10.1. The Balaban J connectivity index is 1.86. The Labute approximate surface area is 173 Å². The first-order chi connectivity index (χ1) is 13.3. The van der Waals surface area contributed by atoms with Crippen molar-refractivity contribution >= 4 is 28.4 Å². The van der Waals surface area contributed by atoms with E-state index in [1.807, 2.05) is 0 Å². The van der Waals surface area contributed by atoms with E-state index in [4.69, 9.17) is 4.74 Å². The number of aromatic nitrogens is 3. The van der Waals surface area contributed by atoms with Gasteiger partial charge in [-0.3, -0.25) is 4.79 Å². The molecule has 0 bridgehead atoms. The van der Waals surface area contributed by atoms with E-state index in [2.05, 4.69) is 32.1 Å². The molecule has 3 rings (SSSR count). The van der Waals surface area contributed by atoms with Gasteiger partial charge in [0.25, 0.3) is 5.56 Å². The van der Waals surface area contributed by atoms with Crippen LogP contribution in [0.4, 0.5) is 13.2 Å². The smallest absolute Gasteiger partial charge is 0.416 e. The van der Waals surface area contributed by atoms with E-state index in [0.29, 0.717) is 16.7 Å². The normalized spacial score (nSPS) is 11.9. The molecule has 146 valence electrons. The summed E-state index contributed by atoms with van der Waals surface area (Å²) < 4.78 is 46.1. The molecule has 1 aromatic carbocycles. The minimum absolute atomic E-state index is 0.0192. The molecule has 0 aliphatic carbocycles. The number of benzene rings is 1. The molecule has 0 aliphatic rings. The van der Waals surface area contributed by atoms with Crippen LogP contribution in [-0.2, 0) is 12.8 Å². The molecule has 1 atom stereocenters. The monoisotopic (exact) mass is 519 g/mol. The fourth-order valence-corrected chi connectivity index (χ4v) is 4.00. The lowest BCUT2D eigenvalue weighted by molar-refractivity contribution is -0.138. The molecule has 1 unspecified atom stereocenters. The van der Waals surface area contributed by atoms with Crippen molar-refractivity contribution in [2.45, 2.75) is 19.7 Å². The number of halogens is 4. The zero-order chi connectivity index (χ0) is 20.3. The van der Waals surface area contributed by atoms with Gasteiger partial charge in [-0.1, -0.05) is 18.2 Å². The van der Waals surface area contributed by atoms with Gasteiger partial charge in [0.2, 0.25) is 5.88 Å². The molecule has 0 radical (unpaired) electrons. The van der Waals surface area contributed by atoms with Gasteiger partial charge in [-0.2, -0.15) is 18.3 Å². The minimum Gasteiger partial charge on any atom is -0.473 e. The molecule has 28 heavy (non-hydrogen) atoms. The number of hydrogen-bond donors (Lipinski definition) is 0.